The van der Waals surface area contributed by atoms with Crippen LogP contribution in [0.15, 0.2) is 0 Å². The van der Waals surface area contributed by atoms with Gasteiger partial charge in [-0.25, -0.2) is 0 Å². The van der Waals surface area contributed by atoms with Crippen molar-refractivity contribution in [3.8, 4) is 0 Å². The molecule has 0 aliphatic carbocycles. The molecule has 1 rings (SSSR count). The molecule has 1 aliphatic heterocycles. The third-order valence-corrected chi connectivity index (χ3v) is 6.56. The standard InChI is InChI=1S/C23H48N2.4C2H6/c1-10-20(3)17-23(8,9)25-14-12-13-24(15-16-25)19-22(6,7)18-21(4,5)11-2;4*1-2/h20H,10-19H2,1-9H3;4*1-2H3. The van der Waals surface area contributed by atoms with Crippen LogP contribution in [0.2, 0.25) is 0 Å². The van der Waals surface area contributed by atoms with Crippen molar-refractivity contribution in [2.45, 2.75) is 155 Å². The van der Waals surface area contributed by atoms with Crippen LogP contribution in [0.4, 0.5) is 0 Å². The highest BCUT2D eigenvalue weighted by Crippen LogP contribution is 2.37. The summed E-state index contributed by atoms with van der Waals surface area (Å²) in [4.78, 5) is 5.51. The van der Waals surface area contributed by atoms with Gasteiger partial charge in [0, 0.05) is 25.2 Å². The third-order valence-electron chi connectivity index (χ3n) is 6.56. The molecule has 1 atom stereocenters. The lowest BCUT2D eigenvalue weighted by atomic mass is 9.73. The fourth-order valence-corrected chi connectivity index (χ4v) is 4.94. The lowest BCUT2D eigenvalue weighted by molar-refractivity contribution is 0.0906. The molecule has 0 saturated carbocycles. The molecule has 0 spiro atoms. The van der Waals surface area contributed by atoms with E-state index < -0.39 is 0 Å². The van der Waals surface area contributed by atoms with E-state index in [9.17, 15) is 0 Å². The number of hydrogen-bond acceptors (Lipinski definition) is 2. The van der Waals surface area contributed by atoms with Crippen LogP contribution in [0.3, 0.4) is 0 Å². The fraction of sp³-hybridized carbons (Fsp3) is 1.00. The van der Waals surface area contributed by atoms with Crippen molar-refractivity contribution < 1.29 is 0 Å². The van der Waals surface area contributed by atoms with E-state index >= 15 is 0 Å². The van der Waals surface area contributed by atoms with E-state index in [2.05, 4.69) is 72.1 Å². The van der Waals surface area contributed by atoms with Gasteiger partial charge < -0.3 is 4.90 Å². The number of hydrogen-bond donors (Lipinski definition) is 0. The van der Waals surface area contributed by atoms with Crippen LogP contribution in [0.5, 0.6) is 0 Å². The molecule has 0 aromatic rings. The van der Waals surface area contributed by atoms with Crippen LogP contribution in [-0.4, -0.2) is 48.1 Å². The third kappa shape index (κ3) is 19.9. The maximum atomic E-state index is 2.77. The van der Waals surface area contributed by atoms with Gasteiger partial charge in [0.05, 0.1) is 0 Å². The van der Waals surface area contributed by atoms with E-state index in [-0.39, 0.29) is 0 Å². The summed E-state index contributed by atoms with van der Waals surface area (Å²) in [5.74, 6) is 0.824. The zero-order valence-corrected chi connectivity index (χ0v) is 27.0. The van der Waals surface area contributed by atoms with Crippen molar-refractivity contribution in [2.75, 3.05) is 32.7 Å². The summed E-state index contributed by atoms with van der Waals surface area (Å²) in [6.07, 6.45) is 6.52. The largest absolute Gasteiger partial charge is 0.301 e. The van der Waals surface area contributed by atoms with Gasteiger partial charge in [-0.1, -0.05) is 117 Å². The highest BCUT2D eigenvalue weighted by Gasteiger charge is 2.32. The van der Waals surface area contributed by atoms with Crippen molar-refractivity contribution in [1.29, 1.82) is 0 Å². The summed E-state index contributed by atoms with van der Waals surface area (Å²) >= 11 is 0. The first-order valence-electron chi connectivity index (χ1n) is 14.9. The Hall–Kier alpha value is -0.0800. The summed E-state index contributed by atoms with van der Waals surface area (Å²) < 4.78 is 0. The molecule has 2 heteroatoms. The van der Waals surface area contributed by atoms with Gasteiger partial charge in [0.25, 0.3) is 0 Å². The number of rotatable bonds is 9. The molecule has 206 valence electrons. The fourth-order valence-electron chi connectivity index (χ4n) is 4.94. The molecule has 0 radical (unpaired) electrons. The summed E-state index contributed by atoms with van der Waals surface area (Å²) in [5, 5.41) is 0. The van der Waals surface area contributed by atoms with Crippen LogP contribution in [0.25, 0.3) is 0 Å². The van der Waals surface area contributed by atoms with E-state index in [0.717, 1.165) is 5.92 Å². The first kappa shape index (κ1) is 40.1. The van der Waals surface area contributed by atoms with Gasteiger partial charge in [-0.15, -0.1) is 0 Å². The van der Waals surface area contributed by atoms with Crippen LogP contribution in [-0.2, 0) is 0 Å². The summed E-state index contributed by atoms with van der Waals surface area (Å²) in [7, 11) is 0. The van der Waals surface area contributed by atoms with Crippen molar-refractivity contribution in [1.82, 2.24) is 9.80 Å². The molecule has 0 amide bonds. The van der Waals surface area contributed by atoms with Gasteiger partial charge in [0.1, 0.15) is 0 Å². The Kier molecular flexibility index (Phi) is 27.2. The minimum Gasteiger partial charge on any atom is -0.301 e. The van der Waals surface area contributed by atoms with Crippen molar-refractivity contribution in [3.63, 3.8) is 0 Å². The second-order valence-electron chi connectivity index (χ2n) is 11.0. The molecule has 0 bridgehead atoms. The van der Waals surface area contributed by atoms with Gasteiger partial charge in [-0.05, 0) is 62.9 Å². The quantitative estimate of drug-likeness (QED) is 0.329. The molecule has 1 fully saturated rings. The molecule has 1 saturated heterocycles. The van der Waals surface area contributed by atoms with Crippen LogP contribution >= 0.6 is 0 Å². The molecule has 1 heterocycles. The van der Waals surface area contributed by atoms with E-state index in [4.69, 9.17) is 0 Å². The molecule has 1 unspecified atom stereocenters. The number of nitrogens with zero attached hydrogens (tertiary/aromatic N) is 2. The molecule has 0 N–H and O–H groups in total. The van der Waals surface area contributed by atoms with Crippen LogP contribution in [0, 0.1) is 16.7 Å². The molecular weight excluding hydrogens is 400 g/mol. The molecule has 2 nitrogen and oxygen atoms in total. The lowest BCUT2D eigenvalue weighted by Gasteiger charge is -2.40. The first-order chi connectivity index (χ1) is 15.4. The Morgan fingerprint density at radius 2 is 1.15 bits per heavy atom. The zero-order valence-electron chi connectivity index (χ0n) is 27.0. The van der Waals surface area contributed by atoms with Gasteiger partial charge in [0.2, 0.25) is 0 Å². The van der Waals surface area contributed by atoms with Gasteiger partial charge >= 0.3 is 0 Å². The topological polar surface area (TPSA) is 6.48 Å². The van der Waals surface area contributed by atoms with Crippen molar-refractivity contribution in [2.24, 2.45) is 16.7 Å². The van der Waals surface area contributed by atoms with Gasteiger partial charge in [-0.3, -0.25) is 4.90 Å². The van der Waals surface area contributed by atoms with Crippen molar-refractivity contribution >= 4 is 0 Å². The second kappa shape index (κ2) is 22.4. The SMILES string of the molecule is CC.CC.CC.CC.CCC(C)CC(C)(C)N1CCCN(CC(C)(C)CC(C)(C)CC)CC1. The van der Waals surface area contributed by atoms with Crippen molar-refractivity contribution in [3.05, 3.63) is 0 Å². The average Bonchev–Trinajstić information content (AvgIpc) is 3.04. The van der Waals surface area contributed by atoms with Gasteiger partial charge in [0.15, 0.2) is 0 Å². The predicted octanol–water partition coefficient (Wildman–Crippen LogP) is 10.2. The summed E-state index contributed by atoms with van der Waals surface area (Å²) in [6.45, 7) is 44.0. The molecule has 0 aromatic heterocycles. The van der Waals surface area contributed by atoms with Crippen LogP contribution in [0.1, 0.15) is 150 Å². The average molecular weight is 473 g/mol. The van der Waals surface area contributed by atoms with E-state index in [1.807, 2.05) is 55.4 Å². The Morgan fingerprint density at radius 1 is 0.667 bits per heavy atom. The smallest absolute Gasteiger partial charge is 0.0156 e. The van der Waals surface area contributed by atoms with Gasteiger partial charge in [-0.2, -0.15) is 0 Å². The maximum Gasteiger partial charge on any atom is 0.0156 e. The Labute approximate surface area is 214 Å². The van der Waals surface area contributed by atoms with E-state index in [0.29, 0.717) is 16.4 Å². The minimum absolute atomic E-state index is 0.338. The normalized spacial score (nSPS) is 16.3. The second-order valence-corrected chi connectivity index (χ2v) is 11.0. The molecular formula is C31H72N2. The highest BCUT2D eigenvalue weighted by molar-refractivity contribution is 4.87. The summed E-state index contributed by atoms with van der Waals surface area (Å²) in [6, 6.07) is 0. The Balaban J connectivity index is -0.000000472. The van der Waals surface area contributed by atoms with Crippen LogP contribution < -0.4 is 0 Å². The molecule has 0 aromatic carbocycles. The summed E-state index contributed by atoms with van der Waals surface area (Å²) in [5.41, 5.74) is 1.20. The predicted molar refractivity (Wildman–Crippen MR) is 159 cm³/mol. The first-order valence-corrected chi connectivity index (χ1v) is 14.9. The lowest BCUT2D eigenvalue weighted by Crippen LogP contribution is -2.47. The Morgan fingerprint density at radius 3 is 1.58 bits per heavy atom. The monoisotopic (exact) mass is 473 g/mol. The highest BCUT2D eigenvalue weighted by atomic mass is 15.3. The van der Waals surface area contributed by atoms with E-state index in [1.54, 1.807) is 0 Å². The molecule has 33 heavy (non-hydrogen) atoms. The Bertz CT molecular complexity index is 384. The molecule has 1 aliphatic rings. The zero-order chi connectivity index (χ0) is 27.3. The maximum absolute atomic E-state index is 2.77. The minimum atomic E-state index is 0.338. The van der Waals surface area contributed by atoms with E-state index in [1.165, 1.54) is 64.8 Å².